The zero-order chi connectivity index (χ0) is 18.0. The summed E-state index contributed by atoms with van der Waals surface area (Å²) in [6.07, 6.45) is 2.83. The van der Waals surface area contributed by atoms with E-state index >= 15 is 0 Å². The lowest BCUT2D eigenvalue weighted by Crippen LogP contribution is -2.24. The van der Waals surface area contributed by atoms with Crippen molar-refractivity contribution in [1.29, 1.82) is 0 Å². The van der Waals surface area contributed by atoms with E-state index in [-0.39, 0.29) is 11.4 Å². The molecule has 3 heterocycles. The number of halogens is 1. The van der Waals surface area contributed by atoms with Crippen LogP contribution in [0.5, 0.6) is 0 Å². The molecule has 1 aliphatic carbocycles. The Morgan fingerprint density at radius 2 is 2.08 bits per heavy atom. The van der Waals surface area contributed by atoms with Crippen LogP contribution in [0.3, 0.4) is 0 Å². The largest absolute Gasteiger partial charge is 0.380 e. The van der Waals surface area contributed by atoms with E-state index in [4.69, 9.17) is 9.72 Å². The van der Waals surface area contributed by atoms with E-state index in [1.165, 1.54) is 11.6 Å². The van der Waals surface area contributed by atoms with Crippen molar-refractivity contribution in [1.82, 2.24) is 9.55 Å². The van der Waals surface area contributed by atoms with E-state index in [1.807, 2.05) is 13.0 Å². The van der Waals surface area contributed by atoms with Gasteiger partial charge in [0.2, 0.25) is 0 Å². The molecule has 0 atom stereocenters. The fraction of sp³-hybridized carbons (Fsp3) is 0.333. The smallest absolute Gasteiger partial charge is 0.257 e. The molecule has 0 unspecified atom stereocenters. The van der Waals surface area contributed by atoms with Crippen molar-refractivity contribution < 1.29 is 9.13 Å². The second kappa shape index (κ2) is 5.48. The number of methoxy groups -OCH3 is 1. The molecule has 26 heavy (non-hydrogen) atoms. The molecule has 0 saturated heterocycles. The number of hydrogen-bond donors (Lipinski definition) is 0. The number of pyridine rings is 2. The van der Waals surface area contributed by atoms with Gasteiger partial charge in [0.05, 0.1) is 30.1 Å². The number of benzene rings is 1. The predicted octanol–water partition coefficient (Wildman–Crippen LogP) is 3.51. The van der Waals surface area contributed by atoms with Crippen molar-refractivity contribution >= 4 is 10.9 Å². The molecule has 0 fully saturated rings. The minimum absolute atomic E-state index is 0.0154. The minimum atomic E-state index is -0.241. The third kappa shape index (κ3) is 2.04. The van der Waals surface area contributed by atoms with Crippen molar-refractivity contribution in [2.24, 2.45) is 0 Å². The molecule has 0 radical (unpaired) electrons. The quantitative estimate of drug-likeness (QED) is 0.556. The maximum absolute atomic E-state index is 14.0. The Morgan fingerprint density at radius 3 is 2.88 bits per heavy atom. The average molecular weight is 350 g/mol. The first kappa shape index (κ1) is 15.7. The molecule has 0 amide bonds. The molecule has 132 valence electrons. The van der Waals surface area contributed by atoms with Crippen LogP contribution in [0, 0.1) is 12.7 Å². The summed E-state index contributed by atoms with van der Waals surface area (Å²) >= 11 is 0. The van der Waals surface area contributed by atoms with E-state index in [0.29, 0.717) is 24.2 Å². The monoisotopic (exact) mass is 350 g/mol. The van der Waals surface area contributed by atoms with Gasteiger partial charge in [0.25, 0.3) is 5.56 Å². The molecular weight excluding hydrogens is 331 g/mol. The lowest BCUT2D eigenvalue weighted by Gasteiger charge is -2.19. The number of fused-ring (bicyclic) bond motifs is 4. The Morgan fingerprint density at radius 1 is 1.23 bits per heavy atom. The number of ether oxygens (including phenoxy) is 1. The van der Waals surface area contributed by atoms with E-state index < -0.39 is 0 Å². The van der Waals surface area contributed by atoms with Crippen LogP contribution in [-0.4, -0.2) is 16.7 Å². The average Bonchev–Trinajstić information content (AvgIpc) is 2.97. The summed E-state index contributed by atoms with van der Waals surface area (Å²) in [7, 11) is 1.60. The SMILES string of the molecule is COCc1c(C)cc2n(c1=O)Cc1c-2nc2cc(F)cc3c2c1CCC3. The summed E-state index contributed by atoms with van der Waals surface area (Å²) in [5.74, 6) is -0.241. The summed E-state index contributed by atoms with van der Waals surface area (Å²) in [5.41, 5.74) is 7.34. The molecule has 3 aromatic rings. The maximum Gasteiger partial charge on any atom is 0.257 e. The molecule has 0 N–H and O–H groups in total. The summed E-state index contributed by atoms with van der Waals surface area (Å²) in [6, 6.07) is 5.16. The van der Waals surface area contributed by atoms with Gasteiger partial charge in [-0.2, -0.15) is 0 Å². The van der Waals surface area contributed by atoms with Crippen LogP contribution in [0.2, 0.25) is 0 Å². The number of hydrogen-bond acceptors (Lipinski definition) is 3. The fourth-order valence-electron chi connectivity index (χ4n) is 4.52. The normalized spacial score (nSPS) is 14.6. The van der Waals surface area contributed by atoms with Crippen LogP contribution in [0.15, 0.2) is 23.0 Å². The van der Waals surface area contributed by atoms with Crippen LogP contribution in [0.25, 0.3) is 22.3 Å². The summed E-state index contributed by atoms with van der Waals surface area (Å²) in [6.45, 7) is 2.77. The van der Waals surface area contributed by atoms with Crippen LogP contribution < -0.4 is 5.56 Å². The van der Waals surface area contributed by atoms with Gasteiger partial charge in [-0.3, -0.25) is 4.79 Å². The van der Waals surface area contributed by atoms with Gasteiger partial charge < -0.3 is 9.30 Å². The topological polar surface area (TPSA) is 44.1 Å². The van der Waals surface area contributed by atoms with Gasteiger partial charge in [-0.05, 0) is 55.0 Å². The Hall–Kier alpha value is -2.53. The number of aromatic nitrogens is 2. The van der Waals surface area contributed by atoms with Gasteiger partial charge in [0.15, 0.2) is 0 Å². The molecular formula is C21H19FN2O2. The fourth-order valence-corrected chi connectivity index (χ4v) is 4.52. The van der Waals surface area contributed by atoms with Crippen LogP contribution in [0.4, 0.5) is 4.39 Å². The first-order valence-corrected chi connectivity index (χ1v) is 8.95. The maximum atomic E-state index is 14.0. The zero-order valence-electron chi connectivity index (χ0n) is 14.9. The number of rotatable bonds is 2. The van der Waals surface area contributed by atoms with Crippen molar-refractivity contribution in [2.45, 2.75) is 39.3 Å². The first-order chi connectivity index (χ1) is 12.6. The third-order valence-corrected chi connectivity index (χ3v) is 5.69. The molecule has 1 aromatic carbocycles. The van der Waals surface area contributed by atoms with Crippen molar-refractivity contribution in [3.8, 4) is 11.4 Å². The van der Waals surface area contributed by atoms with E-state index in [1.54, 1.807) is 17.7 Å². The minimum Gasteiger partial charge on any atom is -0.380 e. The zero-order valence-corrected chi connectivity index (χ0v) is 14.9. The molecule has 2 aromatic heterocycles. The van der Waals surface area contributed by atoms with Crippen molar-refractivity contribution in [3.63, 3.8) is 0 Å². The van der Waals surface area contributed by atoms with E-state index in [2.05, 4.69) is 0 Å². The lowest BCUT2D eigenvalue weighted by molar-refractivity contribution is 0.183. The van der Waals surface area contributed by atoms with Gasteiger partial charge in [-0.15, -0.1) is 0 Å². The van der Waals surface area contributed by atoms with Gasteiger partial charge in [0.1, 0.15) is 5.82 Å². The summed E-state index contributed by atoms with van der Waals surface area (Å²) < 4.78 is 21.0. The van der Waals surface area contributed by atoms with Crippen molar-refractivity contribution in [2.75, 3.05) is 7.11 Å². The molecule has 0 spiro atoms. The summed E-state index contributed by atoms with van der Waals surface area (Å²) in [5, 5.41) is 1.09. The Bertz CT molecular complexity index is 1150. The standard InChI is InChI=1S/C21H19FN2O2/c1-11-6-18-20-15(9-24(18)21(25)16(11)10-26-2)14-5-3-4-12-7-13(22)8-17(23-20)19(12)14/h6-8H,3-5,9-10H2,1-2H3. The van der Waals surface area contributed by atoms with Gasteiger partial charge in [-0.1, -0.05) is 0 Å². The predicted molar refractivity (Wildman–Crippen MR) is 98.0 cm³/mol. The molecule has 0 saturated carbocycles. The lowest BCUT2D eigenvalue weighted by atomic mass is 9.87. The third-order valence-electron chi connectivity index (χ3n) is 5.69. The second-order valence-corrected chi connectivity index (χ2v) is 7.25. The Balaban J connectivity index is 1.83. The summed E-state index contributed by atoms with van der Waals surface area (Å²) in [4.78, 5) is 17.8. The number of nitrogens with zero attached hydrogens (tertiary/aromatic N) is 2. The highest BCUT2D eigenvalue weighted by Gasteiger charge is 2.29. The van der Waals surface area contributed by atoms with Gasteiger partial charge >= 0.3 is 0 Å². The van der Waals surface area contributed by atoms with Gasteiger partial charge in [0, 0.05) is 29.7 Å². The number of aryl methyl sites for hydroxylation is 3. The second-order valence-electron chi connectivity index (χ2n) is 7.25. The molecule has 5 rings (SSSR count). The molecule has 4 nitrogen and oxygen atoms in total. The van der Waals surface area contributed by atoms with Gasteiger partial charge in [-0.25, -0.2) is 9.37 Å². The van der Waals surface area contributed by atoms with Crippen LogP contribution >= 0.6 is 0 Å². The van der Waals surface area contributed by atoms with Crippen LogP contribution in [-0.2, 0) is 30.7 Å². The Labute approximate surface area is 150 Å². The molecule has 0 bridgehead atoms. The highest BCUT2D eigenvalue weighted by Crippen LogP contribution is 2.40. The van der Waals surface area contributed by atoms with E-state index in [0.717, 1.165) is 52.7 Å². The first-order valence-electron chi connectivity index (χ1n) is 8.95. The van der Waals surface area contributed by atoms with Crippen molar-refractivity contribution in [3.05, 3.63) is 62.2 Å². The highest BCUT2D eigenvalue weighted by molar-refractivity contribution is 5.91. The van der Waals surface area contributed by atoms with E-state index in [9.17, 15) is 9.18 Å². The molecule has 2 aliphatic rings. The highest BCUT2D eigenvalue weighted by atomic mass is 19.1. The van der Waals surface area contributed by atoms with Crippen LogP contribution in [0.1, 0.15) is 34.2 Å². The molecule has 1 aliphatic heterocycles. The molecule has 5 heteroatoms. The Kier molecular flexibility index (Phi) is 3.31.